The van der Waals surface area contributed by atoms with Gasteiger partial charge in [0.05, 0.1) is 4.92 Å². The summed E-state index contributed by atoms with van der Waals surface area (Å²) in [6.45, 7) is 2.79. The van der Waals surface area contributed by atoms with Crippen LogP contribution < -0.4 is 10.2 Å². The van der Waals surface area contributed by atoms with Crippen molar-refractivity contribution in [3.8, 4) is 0 Å². The minimum atomic E-state index is -0.389. The molecule has 1 saturated heterocycles. The smallest absolute Gasteiger partial charge is 0.292 e. The first-order chi connectivity index (χ1) is 12.5. The van der Waals surface area contributed by atoms with Crippen molar-refractivity contribution < 1.29 is 14.1 Å². The van der Waals surface area contributed by atoms with E-state index in [0.29, 0.717) is 42.9 Å². The van der Waals surface area contributed by atoms with Crippen LogP contribution in [0, 0.1) is 28.8 Å². The monoisotopic (exact) mass is 357 g/mol. The number of piperidine rings is 1. The highest BCUT2D eigenvalue weighted by molar-refractivity contribution is 5.92. The lowest BCUT2D eigenvalue weighted by Crippen LogP contribution is -2.38. The van der Waals surface area contributed by atoms with Gasteiger partial charge in [-0.25, -0.2) is 4.39 Å². The van der Waals surface area contributed by atoms with Crippen LogP contribution in [0.3, 0.4) is 0 Å². The highest BCUT2D eigenvalue weighted by atomic mass is 19.1. The molecule has 0 unspecified atom stereocenters. The zero-order chi connectivity index (χ0) is 18.7. The average molecular weight is 357 g/mol. The molecular formula is C19H20FN3O3. The molecule has 0 radical (unpaired) electrons. The van der Waals surface area contributed by atoms with Gasteiger partial charge in [0.15, 0.2) is 0 Å². The SMILES string of the molecule is Cc1ccc(NC(=O)C2CCN(c3ccccc3[N+](=O)[O-])CC2)cc1F. The van der Waals surface area contributed by atoms with Crippen molar-refractivity contribution >= 4 is 23.0 Å². The maximum absolute atomic E-state index is 13.6. The summed E-state index contributed by atoms with van der Waals surface area (Å²) in [6.07, 6.45) is 1.18. The van der Waals surface area contributed by atoms with Crippen LogP contribution in [-0.4, -0.2) is 23.9 Å². The molecule has 0 aromatic heterocycles. The molecule has 0 bridgehead atoms. The van der Waals surface area contributed by atoms with E-state index in [0.717, 1.165) is 0 Å². The molecule has 1 amide bonds. The molecule has 6 nitrogen and oxygen atoms in total. The van der Waals surface area contributed by atoms with E-state index in [9.17, 15) is 19.3 Å². The van der Waals surface area contributed by atoms with Gasteiger partial charge >= 0.3 is 0 Å². The zero-order valence-corrected chi connectivity index (χ0v) is 14.4. The molecule has 0 aliphatic carbocycles. The van der Waals surface area contributed by atoms with E-state index in [-0.39, 0.29) is 28.3 Å². The molecule has 0 spiro atoms. The first-order valence-electron chi connectivity index (χ1n) is 8.51. The molecule has 1 heterocycles. The summed E-state index contributed by atoms with van der Waals surface area (Å²) in [4.78, 5) is 25.1. The Bertz CT molecular complexity index is 833. The Morgan fingerprint density at radius 1 is 1.23 bits per heavy atom. The van der Waals surface area contributed by atoms with Crippen molar-refractivity contribution in [2.24, 2.45) is 5.92 Å². The zero-order valence-electron chi connectivity index (χ0n) is 14.4. The van der Waals surface area contributed by atoms with Gasteiger partial charge in [-0.3, -0.25) is 14.9 Å². The second-order valence-electron chi connectivity index (χ2n) is 6.46. The number of benzene rings is 2. The second-order valence-corrected chi connectivity index (χ2v) is 6.46. The quantitative estimate of drug-likeness (QED) is 0.665. The van der Waals surface area contributed by atoms with E-state index in [1.165, 1.54) is 12.1 Å². The van der Waals surface area contributed by atoms with Crippen LogP contribution in [0.25, 0.3) is 0 Å². The summed E-state index contributed by atoms with van der Waals surface area (Å²) >= 11 is 0. The molecule has 136 valence electrons. The third-order valence-corrected chi connectivity index (χ3v) is 4.72. The summed E-state index contributed by atoms with van der Waals surface area (Å²) in [6, 6.07) is 11.2. The van der Waals surface area contributed by atoms with Crippen LogP contribution in [-0.2, 0) is 4.79 Å². The van der Waals surface area contributed by atoms with Crippen LogP contribution >= 0.6 is 0 Å². The van der Waals surface area contributed by atoms with Crippen LogP contribution in [0.15, 0.2) is 42.5 Å². The minimum absolute atomic E-state index is 0.0746. The number of rotatable bonds is 4. The first-order valence-corrected chi connectivity index (χ1v) is 8.51. The minimum Gasteiger partial charge on any atom is -0.366 e. The molecule has 0 atom stereocenters. The molecule has 2 aromatic rings. The number of para-hydroxylation sites is 2. The van der Waals surface area contributed by atoms with Crippen LogP contribution in [0.4, 0.5) is 21.5 Å². The lowest BCUT2D eigenvalue weighted by atomic mass is 9.95. The molecule has 1 fully saturated rings. The van der Waals surface area contributed by atoms with Gasteiger partial charge in [-0.2, -0.15) is 0 Å². The fourth-order valence-corrected chi connectivity index (χ4v) is 3.18. The van der Waals surface area contributed by atoms with E-state index in [4.69, 9.17) is 0 Å². The lowest BCUT2D eigenvalue weighted by Gasteiger charge is -2.32. The van der Waals surface area contributed by atoms with Gasteiger partial charge in [-0.05, 0) is 43.5 Å². The standard InChI is InChI=1S/C19H20FN3O3/c1-13-6-7-15(12-16(13)20)21-19(24)14-8-10-22(11-9-14)17-4-2-3-5-18(17)23(25)26/h2-7,12,14H,8-11H2,1H3,(H,21,24). The topological polar surface area (TPSA) is 75.5 Å². The molecule has 1 N–H and O–H groups in total. The van der Waals surface area contributed by atoms with E-state index in [1.54, 1.807) is 37.3 Å². The number of nitro groups is 1. The van der Waals surface area contributed by atoms with Gasteiger partial charge in [0.25, 0.3) is 5.69 Å². The molecule has 1 aliphatic heterocycles. The Hall–Kier alpha value is -2.96. The number of nitrogens with one attached hydrogen (secondary N) is 1. The Labute approximate surface area is 150 Å². The molecular weight excluding hydrogens is 337 g/mol. The largest absolute Gasteiger partial charge is 0.366 e. The Kier molecular flexibility index (Phi) is 5.16. The summed E-state index contributed by atoms with van der Waals surface area (Å²) in [5.74, 6) is -0.692. The average Bonchev–Trinajstić information content (AvgIpc) is 2.65. The third-order valence-electron chi connectivity index (χ3n) is 4.72. The molecule has 2 aromatic carbocycles. The number of anilines is 2. The Balaban J connectivity index is 1.62. The van der Waals surface area contributed by atoms with Gasteiger partial charge < -0.3 is 10.2 Å². The van der Waals surface area contributed by atoms with Crippen LogP contribution in [0.2, 0.25) is 0 Å². The molecule has 1 aliphatic rings. The van der Waals surface area contributed by atoms with Gasteiger partial charge in [-0.1, -0.05) is 18.2 Å². The van der Waals surface area contributed by atoms with Gasteiger partial charge in [0, 0.05) is 30.8 Å². The van der Waals surface area contributed by atoms with Crippen molar-refractivity contribution in [3.63, 3.8) is 0 Å². The number of hydrogen-bond acceptors (Lipinski definition) is 4. The van der Waals surface area contributed by atoms with Gasteiger partial charge in [0.2, 0.25) is 5.91 Å². The maximum atomic E-state index is 13.6. The van der Waals surface area contributed by atoms with Crippen molar-refractivity contribution in [1.29, 1.82) is 0 Å². The van der Waals surface area contributed by atoms with Gasteiger partial charge in [-0.15, -0.1) is 0 Å². The summed E-state index contributed by atoms with van der Waals surface area (Å²) in [5, 5.41) is 13.9. The van der Waals surface area contributed by atoms with Crippen LogP contribution in [0.5, 0.6) is 0 Å². The normalized spacial score (nSPS) is 14.9. The first kappa shape index (κ1) is 17.8. The number of nitro benzene ring substituents is 1. The highest BCUT2D eigenvalue weighted by Crippen LogP contribution is 2.31. The molecule has 0 saturated carbocycles. The van der Waals surface area contributed by atoms with Gasteiger partial charge in [0.1, 0.15) is 11.5 Å². The lowest BCUT2D eigenvalue weighted by molar-refractivity contribution is -0.384. The Morgan fingerprint density at radius 2 is 1.92 bits per heavy atom. The number of amides is 1. The molecule has 7 heteroatoms. The predicted octanol–water partition coefficient (Wildman–Crippen LogP) is 3.90. The van der Waals surface area contributed by atoms with E-state index < -0.39 is 0 Å². The highest BCUT2D eigenvalue weighted by Gasteiger charge is 2.28. The maximum Gasteiger partial charge on any atom is 0.292 e. The fraction of sp³-hybridized carbons (Fsp3) is 0.316. The van der Waals surface area contributed by atoms with Crippen molar-refractivity contribution in [3.05, 3.63) is 64.0 Å². The van der Waals surface area contributed by atoms with Crippen molar-refractivity contribution in [1.82, 2.24) is 0 Å². The Morgan fingerprint density at radius 3 is 2.58 bits per heavy atom. The van der Waals surface area contributed by atoms with Crippen molar-refractivity contribution in [2.75, 3.05) is 23.3 Å². The molecule has 3 rings (SSSR count). The third kappa shape index (κ3) is 3.82. The number of hydrogen-bond donors (Lipinski definition) is 1. The molecule has 26 heavy (non-hydrogen) atoms. The summed E-state index contributed by atoms with van der Waals surface area (Å²) in [7, 11) is 0. The summed E-state index contributed by atoms with van der Waals surface area (Å²) in [5.41, 5.74) is 1.63. The summed E-state index contributed by atoms with van der Waals surface area (Å²) < 4.78 is 13.6. The van der Waals surface area contributed by atoms with E-state index in [2.05, 4.69) is 5.32 Å². The number of carbonyl (C=O) groups is 1. The predicted molar refractivity (Wildman–Crippen MR) is 97.8 cm³/mol. The number of aryl methyl sites for hydroxylation is 1. The number of nitrogens with zero attached hydrogens (tertiary/aromatic N) is 2. The van der Waals surface area contributed by atoms with Crippen LogP contribution in [0.1, 0.15) is 18.4 Å². The van der Waals surface area contributed by atoms with Crippen molar-refractivity contribution in [2.45, 2.75) is 19.8 Å². The second kappa shape index (κ2) is 7.51. The van der Waals surface area contributed by atoms with E-state index in [1.807, 2.05) is 4.90 Å². The number of carbonyl (C=O) groups excluding carboxylic acids is 1. The fourth-order valence-electron chi connectivity index (χ4n) is 3.18. The number of halogens is 1. The van der Waals surface area contributed by atoms with E-state index >= 15 is 0 Å².